The van der Waals surface area contributed by atoms with Crippen molar-refractivity contribution in [1.82, 2.24) is 10.2 Å². The molecule has 1 saturated carbocycles. The highest BCUT2D eigenvalue weighted by Gasteiger charge is 2.67. The Balaban J connectivity index is 1.78. The van der Waals surface area contributed by atoms with Gasteiger partial charge < -0.3 is 15.3 Å². The number of aliphatic carboxylic acids is 1. The van der Waals surface area contributed by atoms with Gasteiger partial charge in [-0.15, -0.1) is 0 Å². The van der Waals surface area contributed by atoms with Crippen LogP contribution in [-0.4, -0.2) is 46.9 Å². The predicted octanol–water partition coefficient (Wildman–Crippen LogP) is 0.0802. The standard InChI is InChI=1S/C14H20N2O4/c1-14(2)9(10(14)13(19)20)12(18)16-5-3-4-7-8(16)6-15-11(7)17/h7-10H,3-6H2,1-2H3,(H,15,17)(H,19,20)/t7?,8?,9-,10+/m1/s1. The van der Waals surface area contributed by atoms with Crippen LogP contribution in [0.4, 0.5) is 0 Å². The summed E-state index contributed by atoms with van der Waals surface area (Å²) in [5.41, 5.74) is -0.480. The van der Waals surface area contributed by atoms with E-state index in [1.54, 1.807) is 4.90 Å². The molecule has 3 rings (SSSR count). The third-order valence-corrected chi connectivity index (χ3v) is 5.24. The van der Waals surface area contributed by atoms with Crippen LogP contribution in [0.1, 0.15) is 26.7 Å². The number of carboxylic acid groups (broad SMARTS) is 1. The summed E-state index contributed by atoms with van der Waals surface area (Å²) in [6.45, 7) is 4.79. The molecule has 2 N–H and O–H groups in total. The van der Waals surface area contributed by atoms with Gasteiger partial charge in [0.05, 0.1) is 23.8 Å². The summed E-state index contributed by atoms with van der Waals surface area (Å²) in [4.78, 5) is 37.4. The zero-order valence-corrected chi connectivity index (χ0v) is 11.8. The maximum atomic E-state index is 12.7. The molecule has 0 aromatic heterocycles. The second-order valence-corrected chi connectivity index (χ2v) is 6.71. The zero-order chi connectivity index (χ0) is 14.7. The Hall–Kier alpha value is -1.59. The van der Waals surface area contributed by atoms with Gasteiger partial charge in [-0.25, -0.2) is 0 Å². The van der Waals surface area contributed by atoms with Crippen molar-refractivity contribution in [1.29, 1.82) is 0 Å². The number of hydrogen-bond donors (Lipinski definition) is 2. The Labute approximate surface area is 117 Å². The lowest BCUT2D eigenvalue weighted by atomic mass is 9.91. The van der Waals surface area contributed by atoms with Crippen molar-refractivity contribution >= 4 is 17.8 Å². The first-order valence-corrected chi connectivity index (χ1v) is 7.16. The fraction of sp³-hybridized carbons (Fsp3) is 0.786. The lowest BCUT2D eigenvalue weighted by Crippen LogP contribution is -2.49. The van der Waals surface area contributed by atoms with E-state index in [2.05, 4.69) is 5.32 Å². The molecule has 1 aliphatic carbocycles. The number of fused-ring (bicyclic) bond motifs is 1. The number of nitrogens with one attached hydrogen (secondary N) is 1. The van der Waals surface area contributed by atoms with Gasteiger partial charge in [0.2, 0.25) is 11.8 Å². The van der Waals surface area contributed by atoms with Gasteiger partial charge in [-0.1, -0.05) is 13.8 Å². The Morgan fingerprint density at radius 3 is 2.65 bits per heavy atom. The van der Waals surface area contributed by atoms with Crippen molar-refractivity contribution in [2.75, 3.05) is 13.1 Å². The summed E-state index contributed by atoms with van der Waals surface area (Å²) in [6, 6.07) is -0.0883. The Bertz CT molecular complexity index is 488. The summed E-state index contributed by atoms with van der Waals surface area (Å²) >= 11 is 0. The molecule has 6 heteroatoms. The number of nitrogens with zero attached hydrogens (tertiary/aromatic N) is 1. The van der Waals surface area contributed by atoms with Crippen LogP contribution in [0.15, 0.2) is 0 Å². The number of hydrogen-bond acceptors (Lipinski definition) is 3. The number of amides is 2. The van der Waals surface area contributed by atoms with E-state index in [-0.39, 0.29) is 23.8 Å². The summed E-state index contributed by atoms with van der Waals surface area (Å²) in [5.74, 6) is -2.12. The predicted molar refractivity (Wildman–Crippen MR) is 69.6 cm³/mol. The second-order valence-electron chi connectivity index (χ2n) is 6.71. The molecule has 0 bridgehead atoms. The van der Waals surface area contributed by atoms with E-state index in [0.717, 1.165) is 12.8 Å². The van der Waals surface area contributed by atoms with Crippen LogP contribution in [0.25, 0.3) is 0 Å². The molecule has 20 heavy (non-hydrogen) atoms. The van der Waals surface area contributed by atoms with Gasteiger partial charge >= 0.3 is 5.97 Å². The maximum Gasteiger partial charge on any atom is 0.307 e. The highest BCUT2D eigenvalue weighted by molar-refractivity contribution is 5.93. The number of rotatable bonds is 2. The van der Waals surface area contributed by atoms with Crippen LogP contribution in [0, 0.1) is 23.2 Å². The normalized spacial score (nSPS) is 38.1. The highest BCUT2D eigenvalue weighted by atomic mass is 16.4. The van der Waals surface area contributed by atoms with Crippen molar-refractivity contribution in [2.24, 2.45) is 23.2 Å². The van der Waals surface area contributed by atoms with Crippen LogP contribution in [0.5, 0.6) is 0 Å². The Morgan fingerprint density at radius 2 is 2.05 bits per heavy atom. The first-order valence-electron chi connectivity index (χ1n) is 7.16. The first kappa shape index (κ1) is 13.4. The van der Waals surface area contributed by atoms with Crippen molar-refractivity contribution in [3.8, 4) is 0 Å². The molecular weight excluding hydrogens is 260 g/mol. The van der Waals surface area contributed by atoms with Gasteiger partial charge in [-0.05, 0) is 18.3 Å². The summed E-state index contributed by atoms with van der Waals surface area (Å²) in [5, 5.41) is 12.0. The van der Waals surface area contributed by atoms with Crippen LogP contribution in [0.2, 0.25) is 0 Å². The summed E-state index contributed by atoms with van der Waals surface area (Å²) in [7, 11) is 0. The molecule has 0 aromatic carbocycles. The molecule has 4 atom stereocenters. The SMILES string of the molecule is CC1(C)[C@H](C(=O)O)[C@@H]1C(=O)N1CCCC2C(=O)NCC21. The van der Waals surface area contributed by atoms with E-state index in [0.29, 0.717) is 13.1 Å². The minimum absolute atomic E-state index is 0.0253. The molecule has 0 aromatic rings. The van der Waals surface area contributed by atoms with E-state index in [4.69, 9.17) is 0 Å². The molecule has 3 fully saturated rings. The first-order chi connectivity index (χ1) is 9.35. The van der Waals surface area contributed by atoms with Crippen molar-refractivity contribution in [2.45, 2.75) is 32.7 Å². The Morgan fingerprint density at radius 1 is 1.35 bits per heavy atom. The van der Waals surface area contributed by atoms with Crippen molar-refractivity contribution in [3.05, 3.63) is 0 Å². The molecule has 2 amide bonds. The molecule has 0 spiro atoms. The fourth-order valence-corrected chi connectivity index (χ4v) is 3.96. The smallest absolute Gasteiger partial charge is 0.307 e. The molecular formula is C14H20N2O4. The average Bonchev–Trinajstić information content (AvgIpc) is 2.77. The van der Waals surface area contributed by atoms with Gasteiger partial charge in [0.1, 0.15) is 0 Å². The topological polar surface area (TPSA) is 86.7 Å². The zero-order valence-electron chi connectivity index (χ0n) is 11.8. The monoisotopic (exact) mass is 280 g/mol. The molecule has 3 aliphatic rings. The van der Waals surface area contributed by atoms with Gasteiger partial charge in [0.15, 0.2) is 0 Å². The molecule has 2 aliphatic heterocycles. The number of likely N-dealkylation sites (tertiary alicyclic amines) is 1. The van der Waals surface area contributed by atoms with Gasteiger partial charge in [0.25, 0.3) is 0 Å². The van der Waals surface area contributed by atoms with Crippen LogP contribution >= 0.6 is 0 Å². The number of carboxylic acids is 1. The van der Waals surface area contributed by atoms with E-state index < -0.39 is 23.2 Å². The largest absolute Gasteiger partial charge is 0.481 e. The third-order valence-electron chi connectivity index (χ3n) is 5.24. The molecule has 2 heterocycles. The van der Waals surface area contributed by atoms with Crippen LogP contribution in [0.3, 0.4) is 0 Å². The quantitative estimate of drug-likeness (QED) is 0.750. The molecule has 110 valence electrons. The fourth-order valence-electron chi connectivity index (χ4n) is 3.96. The second kappa shape index (κ2) is 4.20. The van der Waals surface area contributed by atoms with Crippen molar-refractivity contribution in [3.63, 3.8) is 0 Å². The number of piperidine rings is 1. The van der Waals surface area contributed by atoms with Gasteiger partial charge in [-0.2, -0.15) is 0 Å². The molecule has 6 nitrogen and oxygen atoms in total. The van der Waals surface area contributed by atoms with E-state index in [1.807, 2.05) is 13.8 Å². The average molecular weight is 280 g/mol. The summed E-state index contributed by atoms with van der Waals surface area (Å²) in [6.07, 6.45) is 1.63. The van der Waals surface area contributed by atoms with Crippen molar-refractivity contribution < 1.29 is 19.5 Å². The molecule has 2 unspecified atom stereocenters. The van der Waals surface area contributed by atoms with E-state index in [1.165, 1.54) is 0 Å². The maximum absolute atomic E-state index is 12.7. The minimum Gasteiger partial charge on any atom is -0.481 e. The lowest BCUT2D eigenvalue weighted by Gasteiger charge is -2.36. The number of carbonyl (C=O) groups excluding carboxylic acids is 2. The minimum atomic E-state index is -0.900. The van der Waals surface area contributed by atoms with Crippen LogP contribution < -0.4 is 5.32 Å². The molecule has 0 radical (unpaired) electrons. The summed E-state index contributed by atoms with van der Waals surface area (Å²) < 4.78 is 0. The lowest BCUT2D eigenvalue weighted by molar-refractivity contribution is -0.144. The van der Waals surface area contributed by atoms with Gasteiger partial charge in [0, 0.05) is 13.1 Å². The van der Waals surface area contributed by atoms with E-state index >= 15 is 0 Å². The highest BCUT2D eigenvalue weighted by Crippen LogP contribution is 2.59. The van der Waals surface area contributed by atoms with E-state index in [9.17, 15) is 19.5 Å². The van der Waals surface area contributed by atoms with Gasteiger partial charge in [-0.3, -0.25) is 14.4 Å². The van der Waals surface area contributed by atoms with Crippen LogP contribution in [-0.2, 0) is 14.4 Å². The molecule has 2 saturated heterocycles. The third kappa shape index (κ3) is 1.73. The Kier molecular flexibility index (Phi) is 2.81. The number of carbonyl (C=O) groups is 3.